The van der Waals surface area contributed by atoms with Gasteiger partial charge in [-0.2, -0.15) is 5.26 Å². The Morgan fingerprint density at radius 2 is 1.92 bits per heavy atom. The number of anilines is 1. The molecule has 6 rings (SSSR count). The molecule has 2 bridgehead atoms. The van der Waals surface area contributed by atoms with E-state index in [-0.39, 0.29) is 18.9 Å². The summed E-state index contributed by atoms with van der Waals surface area (Å²) in [5.41, 5.74) is -1.34. The van der Waals surface area contributed by atoms with Gasteiger partial charge in [-0.05, 0) is 25.1 Å². The number of carbonyl (C=O) groups is 2. The van der Waals surface area contributed by atoms with Gasteiger partial charge in [0.1, 0.15) is 5.60 Å². The minimum atomic E-state index is -1.19. The molecular formula is C27H22ClN3O5. The average molecular weight is 504 g/mol. The number of benzene rings is 2. The largest absolute Gasteiger partial charge is 0.478 e. The van der Waals surface area contributed by atoms with E-state index in [1.807, 2.05) is 6.07 Å². The number of halogens is 1. The highest BCUT2D eigenvalue weighted by molar-refractivity contribution is 6.30. The number of hydrogen-bond donors (Lipinski definition) is 1. The van der Waals surface area contributed by atoms with Crippen molar-refractivity contribution in [2.75, 3.05) is 11.5 Å². The monoisotopic (exact) mass is 503 g/mol. The maximum Gasteiger partial charge on any atom is 0.240 e. The predicted octanol–water partition coefficient (Wildman–Crippen LogP) is 3.63. The van der Waals surface area contributed by atoms with Crippen molar-refractivity contribution in [3.05, 3.63) is 65.3 Å². The molecule has 3 aromatic rings. The molecule has 3 saturated heterocycles. The van der Waals surface area contributed by atoms with Crippen molar-refractivity contribution >= 4 is 39.9 Å². The standard InChI is InChI=1S/C27H22ClN3O5/c1-26-20(32)12-27(36-26,10-11-35-21-9-7-16(28)14-30-21)23-22(26)24(33)31(25(23)34)19-8-6-15(13-29)17-4-2-3-5-18(17)19/h2-9,14,20,22-23,32H,10-12H2,1H3/t20-,22-,23?,26?,27?/m0/s1. The molecule has 4 heterocycles. The van der Waals surface area contributed by atoms with E-state index in [2.05, 4.69) is 11.1 Å². The second kappa shape index (κ2) is 8.00. The first-order valence-electron chi connectivity index (χ1n) is 11.7. The first-order chi connectivity index (χ1) is 17.3. The zero-order valence-corrected chi connectivity index (χ0v) is 20.1. The molecule has 5 atom stereocenters. The van der Waals surface area contributed by atoms with Crippen LogP contribution in [-0.4, -0.2) is 45.8 Å². The Morgan fingerprint density at radius 3 is 2.64 bits per heavy atom. The van der Waals surface area contributed by atoms with Gasteiger partial charge in [0, 0.05) is 35.9 Å². The molecule has 3 unspecified atom stereocenters. The Morgan fingerprint density at radius 1 is 1.17 bits per heavy atom. The third kappa shape index (κ3) is 3.10. The van der Waals surface area contributed by atoms with E-state index < -0.39 is 35.0 Å². The number of aromatic nitrogens is 1. The molecule has 3 aliphatic heterocycles. The van der Waals surface area contributed by atoms with Gasteiger partial charge in [0.05, 0.1) is 52.5 Å². The molecule has 1 N–H and O–H groups in total. The van der Waals surface area contributed by atoms with Crippen molar-refractivity contribution in [1.29, 1.82) is 5.26 Å². The highest BCUT2D eigenvalue weighted by Gasteiger charge is 2.77. The van der Waals surface area contributed by atoms with Crippen LogP contribution in [0.2, 0.25) is 5.02 Å². The number of pyridine rings is 1. The second-order valence-electron chi connectivity index (χ2n) is 9.74. The summed E-state index contributed by atoms with van der Waals surface area (Å²) in [6, 6.07) is 15.9. The summed E-state index contributed by atoms with van der Waals surface area (Å²) in [5.74, 6) is -1.96. The van der Waals surface area contributed by atoms with E-state index in [1.54, 1.807) is 49.4 Å². The Bertz CT molecular complexity index is 1450. The van der Waals surface area contributed by atoms with Crippen LogP contribution in [0, 0.1) is 23.2 Å². The lowest BCUT2D eigenvalue weighted by Crippen LogP contribution is -2.49. The summed E-state index contributed by atoms with van der Waals surface area (Å²) in [4.78, 5) is 33.1. The highest BCUT2D eigenvalue weighted by atomic mass is 35.5. The summed E-state index contributed by atoms with van der Waals surface area (Å²) < 4.78 is 12.1. The number of aliphatic hydroxyl groups is 1. The lowest BCUT2D eigenvalue weighted by Gasteiger charge is -2.33. The fourth-order valence-electron chi connectivity index (χ4n) is 6.21. The van der Waals surface area contributed by atoms with Gasteiger partial charge >= 0.3 is 0 Å². The molecule has 3 aliphatic rings. The Balaban J connectivity index is 1.35. The number of fused-ring (bicyclic) bond motifs is 6. The van der Waals surface area contributed by atoms with E-state index in [9.17, 15) is 20.0 Å². The number of imide groups is 1. The summed E-state index contributed by atoms with van der Waals surface area (Å²) in [5, 5.41) is 22.2. The van der Waals surface area contributed by atoms with Crippen LogP contribution in [0.15, 0.2) is 54.7 Å². The van der Waals surface area contributed by atoms with Crippen LogP contribution in [0.5, 0.6) is 5.88 Å². The normalized spacial score (nSPS) is 30.6. The first kappa shape index (κ1) is 22.9. The second-order valence-corrected chi connectivity index (χ2v) is 10.2. The number of aliphatic hydroxyl groups excluding tert-OH is 1. The quantitative estimate of drug-likeness (QED) is 0.529. The molecule has 0 spiro atoms. The molecule has 0 radical (unpaired) electrons. The molecule has 0 aliphatic carbocycles. The van der Waals surface area contributed by atoms with Gasteiger partial charge in [0.15, 0.2) is 0 Å². The third-order valence-electron chi connectivity index (χ3n) is 7.85. The Labute approximate surface area is 212 Å². The molecule has 36 heavy (non-hydrogen) atoms. The molecule has 2 amide bonds. The SMILES string of the molecule is CC12OC(CCOc3ccc(Cl)cn3)(C[C@@H]1O)C1C(=O)N(c3ccc(C#N)c4ccccc34)C(=O)[C@H]12. The van der Waals surface area contributed by atoms with Crippen LogP contribution in [0.1, 0.15) is 25.3 Å². The summed E-state index contributed by atoms with van der Waals surface area (Å²) in [7, 11) is 0. The number of hydrogen-bond acceptors (Lipinski definition) is 7. The fourth-order valence-corrected chi connectivity index (χ4v) is 6.33. The maximum atomic E-state index is 13.9. The number of nitrogens with zero attached hydrogens (tertiary/aromatic N) is 3. The van der Waals surface area contributed by atoms with E-state index in [4.69, 9.17) is 21.1 Å². The zero-order valence-electron chi connectivity index (χ0n) is 19.3. The van der Waals surface area contributed by atoms with Crippen molar-refractivity contribution in [3.8, 4) is 11.9 Å². The van der Waals surface area contributed by atoms with Crippen LogP contribution in [0.25, 0.3) is 10.8 Å². The maximum absolute atomic E-state index is 13.9. The van der Waals surface area contributed by atoms with Gasteiger partial charge in [-0.3, -0.25) is 9.59 Å². The van der Waals surface area contributed by atoms with Gasteiger partial charge in [0.2, 0.25) is 17.7 Å². The van der Waals surface area contributed by atoms with Crippen LogP contribution in [-0.2, 0) is 14.3 Å². The molecule has 0 saturated carbocycles. The minimum absolute atomic E-state index is 0.182. The fraction of sp³-hybridized carbons (Fsp3) is 0.333. The van der Waals surface area contributed by atoms with Crippen molar-refractivity contribution in [3.63, 3.8) is 0 Å². The molecule has 9 heteroatoms. The molecule has 182 valence electrons. The Kier molecular flexibility index (Phi) is 5.09. The predicted molar refractivity (Wildman–Crippen MR) is 130 cm³/mol. The highest BCUT2D eigenvalue weighted by Crippen LogP contribution is 2.62. The van der Waals surface area contributed by atoms with E-state index in [0.29, 0.717) is 39.3 Å². The number of ether oxygens (including phenoxy) is 2. The molecule has 3 fully saturated rings. The number of nitriles is 1. The van der Waals surface area contributed by atoms with E-state index in [1.165, 1.54) is 11.1 Å². The lowest BCUT2D eigenvalue weighted by molar-refractivity contribution is -0.134. The molecule has 8 nitrogen and oxygen atoms in total. The van der Waals surface area contributed by atoms with Crippen molar-refractivity contribution in [1.82, 2.24) is 4.98 Å². The lowest BCUT2D eigenvalue weighted by atomic mass is 9.66. The summed E-state index contributed by atoms with van der Waals surface area (Å²) in [6.45, 7) is 1.89. The van der Waals surface area contributed by atoms with Gasteiger partial charge in [0.25, 0.3) is 0 Å². The third-order valence-corrected chi connectivity index (χ3v) is 8.08. The minimum Gasteiger partial charge on any atom is -0.478 e. The van der Waals surface area contributed by atoms with E-state index in [0.717, 1.165) is 0 Å². The van der Waals surface area contributed by atoms with Crippen molar-refractivity contribution in [2.24, 2.45) is 11.8 Å². The molecule has 1 aromatic heterocycles. The van der Waals surface area contributed by atoms with Crippen LogP contribution < -0.4 is 9.64 Å². The van der Waals surface area contributed by atoms with Crippen molar-refractivity contribution in [2.45, 2.75) is 37.1 Å². The van der Waals surface area contributed by atoms with Crippen molar-refractivity contribution < 1.29 is 24.2 Å². The zero-order chi connectivity index (χ0) is 25.2. The summed E-state index contributed by atoms with van der Waals surface area (Å²) >= 11 is 5.88. The number of rotatable bonds is 5. The Hall–Kier alpha value is -3.51. The topological polar surface area (TPSA) is 113 Å². The molecular weight excluding hydrogens is 482 g/mol. The summed E-state index contributed by atoms with van der Waals surface area (Å²) in [6.07, 6.45) is 1.10. The van der Waals surface area contributed by atoms with Crippen LogP contribution in [0.3, 0.4) is 0 Å². The number of amides is 2. The van der Waals surface area contributed by atoms with Crippen LogP contribution >= 0.6 is 11.6 Å². The van der Waals surface area contributed by atoms with Crippen LogP contribution in [0.4, 0.5) is 5.69 Å². The number of carbonyl (C=O) groups excluding carboxylic acids is 2. The van der Waals surface area contributed by atoms with E-state index >= 15 is 0 Å². The van der Waals surface area contributed by atoms with Gasteiger partial charge in [-0.25, -0.2) is 9.88 Å². The van der Waals surface area contributed by atoms with Gasteiger partial charge < -0.3 is 14.6 Å². The van der Waals surface area contributed by atoms with Gasteiger partial charge in [-0.15, -0.1) is 0 Å². The smallest absolute Gasteiger partial charge is 0.240 e. The first-order valence-corrected chi connectivity index (χ1v) is 12.1. The molecule has 2 aromatic carbocycles. The van der Waals surface area contributed by atoms with Gasteiger partial charge in [-0.1, -0.05) is 35.9 Å². The average Bonchev–Trinajstić information content (AvgIpc) is 3.41.